The van der Waals surface area contributed by atoms with Gasteiger partial charge in [-0.3, -0.25) is 4.79 Å². The van der Waals surface area contributed by atoms with Crippen LogP contribution in [0.5, 0.6) is 0 Å². The number of carbonyl (C=O) groups is 1. The predicted molar refractivity (Wildman–Crippen MR) is 96.9 cm³/mol. The molecule has 1 unspecified atom stereocenters. The summed E-state index contributed by atoms with van der Waals surface area (Å²) in [7, 11) is 3.95. The first-order chi connectivity index (χ1) is 11.0. The molecule has 0 aliphatic heterocycles. The first-order valence-electron chi connectivity index (χ1n) is 8.10. The number of nitrogens with zero attached hydrogens (tertiary/aromatic N) is 1. The van der Waals surface area contributed by atoms with Gasteiger partial charge in [0.15, 0.2) is 0 Å². The number of amides is 1. The monoisotopic (exact) mass is 310 g/mol. The van der Waals surface area contributed by atoms with Crippen molar-refractivity contribution in [1.29, 1.82) is 0 Å². The van der Waals surface area contributed by atoms with E-state index in [1.807, 2.05) is 61.5 Å². The molecule has 0 saturated heterocycles. The molecule has 0 radical (unpaired) electrons. The zero-order chi connectivity index (χ0) is 16.8. The number of rotatable bonds is 6. The molecule has 3 nitrogen and oxygen atoms in total. The van der Waals surface area contributed by atoms with Crippen LogP contribution in [-0.4, -0.2) is 20.0 Å². The highest BCUT2D eigenvalue weighted by molar-refractivity contribution is 5.95. The average molecular weight is 310 g/mol. The van der Waals surface area contributed by atoms with Crippen LogP contribution in [-0.2, 0) is 0 Å². The first kappa shape index (κ1) is 17.1. The van der Waals surface area contributed by atoms with E-state index in [9.17, 15) is 4.79 Å². The molecule has 0 saturated carbocycles. The third-order valence-corrected chi connectivity index (χ3v) is 3.84. The van der Waals surface area contributed by atoms with E-state index in [1.54, 1.807) is 0 Å². The smallest absolute Gasteiger partial charge is 0.251 e. The summed E-state index contributed by atoms with van der Waals surface area (Å²) in [6.07, 6.45) is 0.920. The van der Waals surface area contributed by atoms with E-state index in [0.717, 1.165) is 17.7 Å². The zero-order valence-corrected chi connectivity index (χ0v) is 14.4. The molecule has 0 aliphatic rings. The number of nitrogens with one attached hydrogen (secondary N) is 1. The second-order valence-electron chi connectivity index (χ2n) is 6.51. The van der Waals surface area contributed by atoms with Crippen LogP contribution in [0.1, 0.15) is 42.2 Å². The van der Waals surface area contributed by atoms with Gasteiger partial charge in [0, 0.05) is 25.3 Å². The Morgan fingerprint density at radius 2 is 1.74 bits per heavy atom. The Hall–Kier alpha value is -2.29. The van der Waals surface area contributed by atoms with Crippen LogP contribution < -0.4 is 10.2 Å². The summed E-state index contributed by atoms with van der Waals surface area (Å²) in [5.41, 5.74) is 2.87. The molecule has 2 aromatic rings. The molecule has 0 spiro atoms. The van der Waals surface area contributed by atoms with Crippen molar-refractivity contribution >= 4 is 11.6 Å². The highest BCUT2D eigenvalue weighted by Crippen LogP contribution is 2.22. The minimum absolute atomic E-state index is 0.0248. The van der Waals surface area contributed by atoms with Crippen molar-refractivity contribution in [3.8, 4) is 0 Å². The maximum atomic E-state index is 12.7. The van der Waals surface area contributed by atoms with E-state index in [2.05, 4.69) is 31.3 Å². The highest BCUT2D eigenvalue weighted by Gasteiger charge is 2.17. The maximum absolute atomic E-state index is 12.7. The molecule has 2 aromatic carbocycles. The van der Waals surface area contributed by atoms with E-state index >= 15 is 0 Å². The second-order valence-corrected chi connectivity index (χ2v) is 6.51. The molecule has 0 heterocycles. The third-order valence-electron chi connectivity index (χ3n) is 3.84. The molecule has 2 rings (SSSR count). The lowest BCUT2D eigenvalue weighted by atomic mass is 9.96. The summed E-state index contributed by atoms with van der Waals surface area (Å²) in [6.45, 7) is 4.35. The van der Waals surface area contributed by atoms with Gasteiger partial charge in [-0.1, -0.05) is 50.2 Å². The van der Waals surface area contributed by atoms with Gasteiger partial charge in [-0.25, -0.2) is 0 Å². The molecule has 0 aromatic heterocycles. The minimum Gasteiger partial charge on any atom is -0.378 e. The lowest BCUT2D eigenvalue weighted by Gasteiger charge is -2.22. The van der Waals surface area contributed by atoms with E-state index in [4.69, 9.17) is 0 Å². The van der Waals surface area contributed by atoms with E-state index < -0.39 is 0 Å². The van der Waals surface area contributed by atoms with Gasteiger partial charge in [0.2, 0.25) is 0 Å². The van der Waals surface area contributed by atoms with Crippen LogP contribution >= 0.6 is 0 Å². The summed E-state index contributed by atoms with van der Waals surface area (Å²) in [4.78, 5) is 14.7. The Kier molecular flexibility index (Phi) is 5.80. The predicted octanol–water partition coefficient (Wildman–Crippen LogP) is 4.27. The number of hydrogen-bond acceptors (Lipinski definition) is 2. The van der Waals surface area contributed by atoms with Crippen molar-refractivity contribution in [3.63, 3.8) is 0 Å². The van der Waals surface area contributed by atoms with Crippen LogP contribution in [0.4, 0.5) is 5.69 Å². The fraction of sp³-hybridized carbons (Fsp3) is 0.350. The summed E-state index contributed by atoms with van der Waals surface area (Å²) in [6, 6.07) is 17.9. The lowest BCUT2D eigenvalue weighted by molar-refractivity contribution is 0.0932. The van der Waals surface area contributed by atoms with Crippen molar-refractivity contribution in [2.24, 2.45) is 5.92 Å². The molecule has 122 valence electrons. The Labute approximate surface area is 139 Å². The van der Waals surface area contributed by atoms with Gasteiger partial charge < -0.3 is 10.2 Å². The Morgan fingerprint density at radius 3 is 2.35 bits per heavy atom. The molecule has 1 N–H and O–H groups in total. The molecular weight excluding hydrogens is 284 g/mol. The summed E-state index contributed by atoms with van der Waals surface area (Å²) < 4.78 is 0. The standard InChI is InChI=1S/C20H26N2O/c1-15(2)13-19(16-9-6-5-7-10-16)21-20(23)17-11-8-12-18(14-17)22(3)4/h5-12,14-15,19H,13H2,1-4H3,(H,21,23). The molecule has 0 bridgehead atoms. The first-order valence-corrected chi connectivity index (χ1v) is 8.10. The lowest BCUT2D eigenvalue weighted by Crippen LogP contribution is -2.29. The maximum Gasteiger partial charge on any atom is 0.251 e. The van der Waals surface area contributed by atoms with Gasteiger partial charge in [-0.05, 0) is 36.1 Å². The molecule has 0 fully saturated rings. The minimum atomic E-state index is -0.0248. The molecule has 1 amide bonds. The second kappa shape index (κ2) is 7.82. The van der Waals surface area contributed by atoms with Crippen molar-refractivity contribution in [3.05, 3.63) is 65.7 Å². The summed E-state index contributed by atoms with van der Waals surface area (Å²) >= 11 is 0. The summed E-state index contributed by atoms with van der Waals surface area (Å²) in [5, 5.41) is 3.19. The molecule has 23 heavy (non-hydrogen) atoms. The van der Waals surface area contributed by atoms with Crippen molar-refractivity contribution in [1.82, 2.24) is 5.32 Å². The van der Waals surface area contributed by atoms with Crippen LogP contribution in [0.25, 0.3) is 0 Å². The molecule has 0 aliphatic carbocycles. The van der Waals surface area contributed by atoms with E-state index in [1.165, 1.54) is 0 Å². The van der Waals surface area contributed by atoms with Crippen molar-refractivity contribution in [2.45, 2.75) is 26.3 Å². The molecular formula is C20H26N2O. The normalized spacial score (nSPS) is 12.0. The zero-order valence-electron chi connectivity index (χ0n) is 14.4. The van der Waals surface area contributed by atoms with Crippen LogP contribution in [0, 0.1) is 5.92 Å². The average Bonchev–Trinajstić information content (AvgIpc) is 2.54. The Morgan fingerprint density at radius 1 is 1.04 bits per heavy atom. The topological polar surface area (TPSA) is 32.3 Å². The third kappa shape index (κ3) is 4.85. The van der Waals surface area contributed by atoms with Crippen LogP contribution in [0.2, 0.25) is 0 Å². The van der Waals surface area contributed by atoms with Gasteiger partial charge in [0.05, 0.1) is 6.04 Å². The van der Waals surface area contributed by atoms with E-state index in [0.29, 0.717) is 11.5 Å². The van der Waals surface area contributed by atoms with Crippen LogP contribution in [0.3, 0.4) is 0 Å². The van der Waals surface area contributed by atoms with Crippen LogP contribution in [0.15, 0.2) is 54.6 Å². The fourth-order valence-corrected chi connectivity index (χ4v) is 2.60. The molecule has 1 atom stereocenters. The SMILES string of the molecule is CC(C)CC(NC(=O)c1cccc(N(C)C)c1)c1ccccc1. The van der Waals surface area contributed by atoms with Gasteiger partial charge in [-0.2, -0.15) is 0 Å². The van der Waals surface area contributed by atoms with E-state index in [-0.39, 0.29) is 11.9 Å². The Bertz CT molecular complexity index is 635. The highest BCUT2D eigenvalue weighted by atomic mass is 16.1. The number of carbonyl (C=O) groups excluding carboxylic acids is 1. The quantitative estimate of drug-likeness (QED) is 0.864. The Balaban J connectivity index is 2.19. The van der Waals surface area contributed by atoms with Crippen molar-refractivity contribution in [2.75, 3.05) is 19.0 Å². The number of hydrogen-bond donors (Lipinski definition) is 1. The van der Waals surface area contributed by atoms with Gasteiger partial charge >= 0.3 is 0 Å². The van der Waals surface area contributed by atoms with Gasteiger partial charge in [0.1, 0.15) is 0 Å². The fourth-order valence-electron chi connectivity index (χ4n) is 2.60. The van der Waals surface area contributed by atoms with Gasteiger partial charge in [0.25, 0.3) is 5.91 Å². The molecule has 3 heteroatoms. The van der Waals surface area contributed by atoms with Gasteiger partial charge in [-0.15, -0.1) is 0 Å². The summed E-state index contributed by atoms with van der Waals surface area (Å²) in [5.74, 6) is 0.483. The number of anilines is 1. The number of benzene rings is 2. The van der Waals surface area contributed by atoms with Crippen molar-refractivity contribution < 1.29 is 4.79 Å². The largest absolute Gasteiger partial charge is 0.378 e.